The summed E-state index contributed by atoms with van der Waals surface area (Å²) in [6.45, 7) is 1.66. The molecule has 24 heavy (non-hydrogen) atoms. The average Bonchev–Trinajstić information content (AvgIpc) is 3.23. The number of amides is 1. The fourth-order valence-electron chi connectivity index (χ4n) is 2.35. The highest BCUT2D eigenvalue weighted by molar-refractivity contribution is 5.99. The first-order valence-corrected chi connectivity index (χ1v) is 7.47. The molecule has 0 saturated carbocycles. The molecule has 7 nitrogen and oxygen atoms in total. The third kappa shape index (κ3) is 3.21. The highest BCUT2D eigenvalue weighted by atomic mass is 16.5. The molecule has 1 atom stereocenters. The Morgan fingerprint density at radius 3 is 2.75 bits per heavy atom. The van der Waals surface area contributed by atoms with Crippen LogP contribution in [0.4, 0.5) is 0 Å². The van der Waals surface area contributed by atoms with Gasteiger partial charge in [0, 0.05) is 24.4 Å². The zero-order valence-corrected chi connectivity index (χ0v) is 13.4. The molecule has 0 aliphatic rings. The number of nitrogens with zero attached hydrogens (tertiary/aromatic N) is 3. The van der Waals surface area contributed by atoms with E-state index in [0.717, 1.165) is 5.56 Å². The van der Waals surface area contributed by atoms with Crippen LogP contribution in [0.5, 0.6) is 0 Å². The normalized spacial score (nSPS) is 13.5. The summed E-state index contributed by atoms with van der Waals surface area (Å²) in [5.41, 5.74) is 0.481. The molecule has 0 bridgehead atoms. The van der Waals surface area contributed by atoms with Gasteiger partial charge in [0.25, 0.3) is 5.91 Å². The van der Waals surface area contributed by atoms with Crippen LogP contribution in [0.3, 0.4) is 0 Å². The van der Waals surface area contributed by atoms with Crippen molar-refractivity contribution >= 4 is 5.91 Å². The molecule has 0 fully saturated rings. The summed E-state index contributed by atoms with van der Waals surface area (Å²) < 4.78 is 6.80. The van der Waals surface area contributed by atoms with E-state index in [2.05, 4.69) is 15.6 Å². The Kier molecular flexibility index (Phi) is 4.18. The van der Waals surface area contributed by atoms with Gasteiger partial charge in [-0.2, -0.15) is 5.10 Å². The first kappa shape index (κ1) is 15.9. The first-order chi connectivity index (χ1) is 11.5. The molecule has 0 aliphatic heterocycles. The number of hydrogen-bond acceptors (Lipinski definition) is 5. The summed E-state index contributed by atoms with van der Waals surface area (Å²) in [4.78, 5) is 12.4. The summed E-state index contributed by atoms with van der Waals surface area (Å²) >= 11 is 0. The molecule has 1 aromatic carbocycles. The van der Waals surface area contributed by atoms with Gasteiger partial charge in [0.15, 0.2) is 5.76 Å². The van der Waals surface area contributed by atoms with Gasteiger partial charge in [0.1, 0.15) is 11.2 Å². The van der Waals surface area contributed by atoms with E-state index in [1.807, 2.05) is 30.3 Å². The Morgan fingerprint density at radius 2 is 2.08 bits per heavy atom. The predicted octanol–water partition coefficient (Wildman–Crippen LogP) is 1.71. The van der Waals surface area contributed by atoms with Gasteiger partial charge in [-0.05, 0) is 6.92 Å². The van der Waals surface area contributed by atoms with Crippen LogP contribution in [0.15, 0.2) is 53.4 Å². The molecular formula is C17H18N4O3. The molecule has 2 N–H and O–H groups in total. The molecule has 0 spiro atoms. The van der Waals surface area contributed by atoms with Crippen LogP contribution >= 0.6 is 0 Å². The number of nitrogens with one attached hydrogen (secondary N) is 1. The van der Waals surface area contributed by atoms with Gasteiger partial charge in [-0.15, -0.1) is 0 Å². The number of hydrogen-bond donors (Lipinski definition) is 2. The van der Waals surface area contributed by atoms with Gasteiger partial charge in [-0.25, -0.2) is 0 Å². The maximum atomic E-state index is 12.4. The number of aliphatic hydroxyl groups is 1. The average molecular weight is 326 g/mol. The second kappa shape index (κ2) is 6.29. The lowest BCUT2D eigenvalue weighted by atomic mass is 9.99. The summed E-state index contributed by atoms with van der Waals surface area (Å²) in [5, 5.41) is 21.0. The topological polar surface area (TPSA) is 93.2 Å². The minimum atomic E-state index is -1.23. The van der Waals surface area contributed by atoms with Crippen molar-refractivity contribution in [2.75, 3.05) is 6.54 Å². The Hall–Kier alpha value is -2.93. The smallest absolute Gasteiger partial charge is 0.257 e. The van der Waals surface area contributed by atoms with E-state index >= 15 is 0 Å². The maximum absolute atomic E-state index is 12.4. The Labute approximate surface area is 138 Å². The number of rotatable bonds is 5. The van der Waals surface area contributed by atoms with Gasteiger partial charge in [0.2, 0.25) is 0 Å². The second-order valence-corrected chi connectivity index (χ2v) is 5.79. The molecule has 124 valence electrons. The SMILES string of the molecule is Cn1cc(C(C)(O)CNC(=O)c2cnoc2-c2ccccc2)cn1. The second-order valence-electron chi connectivity index (χ2n) is 5.79. The Balaban J connectivity index is 1.74. The summed E-state index contributed by atoms with van der Waals surface area (Å²) in [5.74, 6) is 0.0355. The monoisotopic (exact) mass is 326 g/mol. The van der Waals surface area contributed by atoms with Crippen molar-refractivity contribution in [3.8, 4) is 11.3 Å². The van der Waals surface area contributed by atoms with Crippen LogP contribution < -0.4 is 5.32 Å². The molecule has 0 radical (unpaired) electrons. The largest absolute Gasteiger partial charge is 0.383 e. The van der Waals surface area contributed by atoms with E-state index in [1.54, 1.807) is 31.0 Å². The molecule has 1 amide bonds. The van der Waals surface area contributed by atoms with Crippen LogP contribution in [0.2, 0.25) is 0 Å². The van der Waals surface area contributed by atoms with Crippen LogP contribution in [0.25, 0.3) is 11.3 Å². The van der Waals surface area contributed by atoms with Crippen molar-refractivity contribution in [2.45, 2.75) is 12.5 Å². The summed E-state index contributed by atoms with van der Waals surface area (Å²) in [7, 11) is 1.77. The van der Waals surface area contributed by atoms with Gasteiger partial charge >= 0.3 is 0 Å². The fraction of sp³-hybridized carbons (Fsp3) is 0.235. The molecule has 0 aliphatic carbocycles. The van der Waals surface area contributed by atoms with Crippen molar-refractivity contribution in [3.63, 3.8) is 0 Å². The minimum absolute atomic E-state index is 0.0386. The van der Waals surface area contributed by atoms with Crippen LogP contribution in [-0.4, -0.2) is 32.5 Å². The van der Waals surface area contributed by atoms with Crippen molar-refractivity contribution in [1.82, 2.24) is 20.3 Å². The van der Waals surface area contributed by atoms with Gasteiger partial charge < -0.3 is 14.9 Å². The quantitative estimate of drug-likeness (QED) is 0.744. The Morgan fingerprint density at radius 1 is 1.33 bits per heavy atom. The molecule has 1 unspecified atom stereocenters. The molecule has 0 saturated heterocycles. The van der Waals surface area contributed by atoms with Crippen molar-refractivity contribution in [3.05, 3.63) is 60.0 Å². The van der Waals surface area contributed by atoms with Crippen LogP contribution in [0, 0.1) is 0 Å². The maximum Gasteiger partial charge on any atom is 0.257 e. The standard InChI is InChI=1S/C17H18N4O3/c1-17(23,13-8-19-21(2)10-13)11-18-16(22)14-9-20-24-15(14)12-6-4-3-5-7-12/h3-10,23H,11H2,1-2H3,(H,18,22). The summed E-state index contributed by atoms with van der Waals surface area (Å²) in [6, 6.07) is 9.26. The zero-order valence-electron chi connectivity index (χ0n) is 13.4. The molecule has 7 heteroatoms. The molecule has 3 aromatic rings. The van der Waals surface area contributed by atoms with Gasteiger partial charge in [-0.3, -0.25) is 9.48 Å². The highest BCUT2D eigenvalue weighted by Crippen LogP contribution is 2.24. The van der Waals surface area contributed by atoms with E-state index < -0.39 is 5.60 Å². The number of benzene rings is 1. The van der Waals surface area contributed by atoms with Crippen LogP contribution in [-0.2, 0) is 12.6 Å². The zero-order chi connectivity index (χ0) is 17.2. The van der Waals surface area contributed by atoms with E-state index in [9.17, 15) is 9.90 Å². The lowest BCUT2D eigenvalue weighted by Crippen LogP contribution is -2.38. The third-order valence-corrected chi connectivity index (χ3v) is 3.77. The van der Waals surface area contributed by atoms with Crippen LogP contribution in [0.1, 0.15) is 22.8 Å². The number of carbonyl (C=O) groups is 1. The summed E-state index contributed by atoms with van der Waals surface area (Å²) in [6.07, 6.45) is 4.65. The molecule has 2 heterocycles. The molecule has 3 rings (SSSR count). The van der Waals surface area contributed by atoms with E-state index in [0.29, 0.717) is 16.9 Å². The number of aryl methyl sites for hydroxylation is 1. The number of aromatic nitrogens is 3. The van der Waals surface area contributed by atoms with Gasteiger partial charge in [0.05, 0.1) is 18.9 Å². The number of carbonyl (C=O) groups excluding carboxylic acids is 1. The van der Waals surface area contributed by atoms with Crippen molar-refractivity contribution in [1.29, 1.82) is 0 Å². The first-order valence-electron chi connectivity index (χ1n) is 7.47. The predicted molar refractivity (Wildman–Crippen MR) is 87.1 cm³/mol. The van der Waals surface area contributed by atoms with E-state index in [1.165, 1.54) is 6.20 Å². The minimum Gasteiger partial charge on any atom is -0.383 e. The fourth-order valence-corrected chi connectivity index (χ4v) is 2.35. The lowest BCUT2D eigenvalue weighted by molar-refractivity contribution is 0.0526. The van der Waals surface area contributed by atoms with Crippen molar-refractivity contribution in [2.24, 2.45) is 7.05 Å². The van der Waals surface area contributed by atoms with Gasteiger partial charge in [-0.1, -0.05) is 35.5 Å². The Bertz CT molecular complexity index is 836. The van der Waals surface area contributed by atoms with E-state index in [-0.39, 0.29) is 12.5 Å². The highest BCUT2D eigenvalue weighted by Gasteiger charge is 2.27. The molecule has 2 aromatic heterocycles. The van der Waals surface area contributed by atoms with Crippen molar-refractivity contribution < 1.29 is 14.4 Å². The third-order valence-electron chi connectivity index (χ3n) is 3.77. The lowest BCUT2D eigenvalue weighted by Gasteiger charge is -2.22. The van der Waals surface area contributed by atoms with E-state index in [4.69, 9.17) is 4.52 Å². The molecular weight excluding hydrogens is 308 g/mol.